The van der Waals surface area contributed by atoms with E-state index >= 15 is 0 Å². The van der Waals surface area contributed by atoms with Crippen LogP contribution in [-0.2, 0) is 0 Å². The summed E-state index contributed by atoms with van der Waals surface area (Å²) in [5.41, 5.74) is 5.83. The van der Waals surface area contributed by atoms with E-state index in [1.165, 1.54) is 6.20 Å². The Labute approximate surface area is 117 Å². The summed E-state index contributed by atoms with van der Waals surface area (Å²) in [5, 5.41) is 17.9. The van der Waals surface area contributed by atoms with Crippen LogP contribution < -0.4 is 10.9 Å². The van der Waals surface area contributed by atoms with E-state index in [-0.39, 0.29) is 5.57 Å². The van der Waals surface area contributed by atoms with Gasteiger partial charge in [-0.3, -0.25) is 5.43 Å². The largest absolute Gasteiger partial charge is 0.306 e. The molecule has 0 aliphatic carbocycles. The van der Waals surface area contributed by atoms with Crippen molar-refractivity contribution in [3.05, 3.63) is 38.4 Å². The molecule has 0 radical (unpaired) electrons. The molecule has 0 unspecified atom stereocenters. The van der Waals surface area contributed by atoms with Gasteiger partial charge in [0, 0.05) is 6.20 Å². The number of allylic oxidation sites excluding steroid dienone is 1. The first-order valence-electron chi connectivity index (χ1n) is 4.25. The Balaban J connectivity index is 2.79. The van der Waals surface area contributed by atoms with Gasteiger partial charge in [-0.15, -0.1) is 0 Å². The third-order valence-corrected chi connectivity index (χ3v) is 3.69. The molecule has 0 bridgehead atoms. The predicted octanol–water partition coefficient (Wildman–Crippen LogP) is 3.60. The van der Waals surface area contributed by atoms with Crippen molar-refractivity contribution in [2.75, 3.05) is 5.43 Å². The van der Waals surface area contributed by atoms with E-state index in [2.05, 4.69) is 26.8 Å². The minimum Gasteiger partial charge on any atom is -0.306 e. The molecule has 2 N–H and O–H groups in total. The molecule has 0 aliphatic rings. The number of nitrogens with zero attached hydrogens (tertiary/aromatic N) is 2. The van der Waals surface area contributed by atoms with Crippen molar-refractivity contribution in [1.29, 1.82) is 10.5 Å². The van der Waals surface area contributed by atoms with Gasteiger partial charge in [-0.2, -0.15) is 10.5 Å². The lowest BCUT2D eigenvalue weighted by Crippen LogP contribution is -2.15. The zero-order chi connectivity index (χ0) is 12.8. The SMILES string of the molecule is N#CC(C#N)=CNNc1ccc(Cl)c(Br)c1Cl. The van der Waals surface area contributed by atoms with Gasteiger partial charge in [0.05, 0.1) is 20.2 Å². The molecule has 17 heavy (non-hydrogen) atoms. The molecular weight excluding hydrogens is 327 g/mol. The predicted molar refractivity (Wildman–Crippen MR) is 70.2 cm³/mol. The van der Waals surface area contributed by atoms with Crippen LogP contribution in [0.4, 0.5) is 5.69 Å². The second-order valence-corrected chi connectivity index (χ2v) is 4.35. The highest BCUT2D eigenvalue weighted by Crippen LogP contribution is 2.35. The van der Waals surface area contributed by atoms with E-state index < -0.39 is 0 Å². The topological polar surface area (TPSA) is 71.6 Å². The molecule has 4 nitrogen and oxygen atoms in total. The van der Waals surface area contributed by atoms with Gasteiger partial charge >= 0.3 is 0 Å². The number of hydrogen-bond donors (Lipinski definition) is 2. The molecule has 1 aromatic rings. The molecule has 0 saturated heterocycles. The summed E-state index contributed by atoms with van der Waals surface area (Å²) >= 11 is 15.1. The van der Waals surface area contributed by atoms with Crippen LogP contribution in [0.2, 0.25) is 10.0 Å². The first-order valence-corrected chi connectivity index (χ1v) is 5.80. The first-order chi connectivity index (χ1) is 8.10. The van der Waals surface area contributed by atoms with Crippen LogP contribution in [0.15, 0.2) is 28.4 Å². The van der Waals surface area contributed by atoms with Gasteiger partial charge in [0.15, 0.2) is 0 Å². The van der Waals surface area contributed by atoms with Crippen LogP contribution in [0.5, 0.6) is 0 Å². The summed E-state index contributed by atoms with van der Waals surface area (Å²) in [6.07, 6.45) is 1.23. The average molecular weight is 332 g/mol. The second kappa shape index (κ2) is 6.36. The molecule has 7 heteroatoms. The van der Waals surface area contributed by atoms with E-state index in [1.807, 2.05) is 0 Å². The van der Waals surface area contributed by atoms with Crippen molar-refractivity contribution in [3.8, 4) is 12.1 Å². The highest BCUT2D eigenvalue weighted by Gasteiger charge is 2.07. The van der Waals surface area contributed by atoms with E-state index in [0.717, 1.165) is 0 Å². The monoisotopic (exact) mass is 330 g/mol. The lowest BCUT2D eigenvalue weighted by molar-refractivity contribution is 1.05. The zero-order valence-corrected chi connectivity index (χ0v) is 11.4. The van der Waals surface area contributed by atoms with Crippen molar-refractivity contribution in [2.24, 2.45) is 0 Å². The average Bonchev–Trinajstić information content (AvgIpc) is 2.34. The molecule has 0 aromatic heterocycles. The Hall–Kier alpha value is -1.40. The van der Waals surface area contributed by atoms with E-state index in [4.69, 9.17) is 33.7 Å². The highest BCUT2D eigenvalue weighted by atomic mass is 79.9. The Bertz CT molecular complexity index is 526. The lowest BCUT2D eigenvalue weighted by Gasteiger charge is -2.09. The molecule has 1 rings (SSSR count). The summed E-state index contributed by atoms with van der Waals surface area (Å²) in [4.78, 5) is 0. The summed E-state index contributed by atoms with van der Waals surface area (Å²) < 4.78 is 0.567. The minimum atomic E-state index is -0.0540. The van der Waals surface area contributed by atoms with Crippen molar-refractivity contribution >= 4 is 44.8 Å². The van der Waals surface area contributed by atoms with Gasteiger partial charge in [0.1, 0.15) is 17.7 Å². The van der Waals surface area contributed by atoms with Crippen LogP contribution in [0.3, 0.4) is 0 Å². The molecule has 0 amide bonds. The number of benzene rings is 1. The number of halogens is 3. The summed E-state index contributed by atoms with van der Waals surface area (Å²) in [7, 11) is 0. The van der Waals surface area contributed by atoms with Crippen LogP contribution in [-0.4, -0.2) is 0 Å². The molecule has 0 aliphatic heterocycles. The molecule has 0 spiro atoms. The number of anilines is 1. The fourth-order valence-electron chi connectivity index (χ4n) is 0.898. The maximum absolute atomic E-state index is 8.50. The number of nitriles is 2. The highest BCUT2D eigenvalue weighted by molar-refractivity contribution is 9.10. The smallest absolute Gasteiger partial charge is 0.147 e. The van der Waals surface area contributed by atoms with E-state index in [0.29, 0.717) is 20.2 Å². The van der Waals surface area contributed by atoms with Crippen LogP contribution in [0.1, 0.15) is 0 Å². The van der Waals surface area contributed by atoms with Gasteiger partial charge in [0.2, 0.25) is 0 Å². The Morgan fingerprint density at radius 1 is 1.29 bits per heavy atom. The quantitative estimate of drug-likeness (QED) is 0.504. The fourth-order valence-corrected chi connectivity index (χ4v) is 1.66. The van der Waals surface area contributed by atoms with Gasteiger partial charge in [-0.25, -0.2) is 0 Å². The molecule has 0 saturated carbocycles. The Kier molecular flexibility index (Phi) is 5.11. The Morgan fingerprint density at radius 2 is 1.94 bits per heavy atom. The molecule has 86 valence electrons. The van der Waals surface area contributed by atoms with Crippen LogP contribution >= 0.6 is 39.1 Å². The zero-order valence-electron chi connectivity index (χ0n) is 8.26. The normalized spacial score (nSPS) is 8.76. The molecule has 0 heterocycles. The van der Waals surface area contributed by atoms with Crippen molar-refractivity contribution < 1.29 is 0 Å². The number of rotatable bonds is 3. The van der Waals surface area contributed by atoms with Gasteiger partial charge in [-0.05, 0) is 28.1 Å². The van der Waals surface area contributed by atoms with Gasteiger partial charge in [-0.1, -0.05) is 23.2 Å². The Morgan fingerprint density at radius 3 is 2.53 bits per heavy atom. The fraction of sp³-hybridized carbons (Fsp3) is 0. The first kappa shape index (κ1) is 13.7. The standard InChI is InChI=1S/C10H5BrCl2N4/c11-9-7(12)1-2-8(10(9)13)17-16-5-6(3-14)4-15/h1-2,5,16-17H. The second-order valence-electron chi connectivity index (χ2n) is 2.77. The third-order valence-electron chi connectivity index (χ3n) is 1.70. The lowest BCUT2D eigenvalue weighted by atomic mass is 10.3. The summed E-state index contributed by atoms with van der Waals surface area (Å²) in [5.74, 6) is 0. The number of hydrazine groups is 1. The molecule has 1 aromatic carbocycles. The third kappa shape index (κ3) is 3.54. The maximum Gasteiger partial charge on any atom is 0.147 e. The minimum absolute atomic E-state index is 0.0540. The van der Waals surface area contributed by atoms with Gasteiger partial charge in [0.25, 0.3) is 0 Å². The molecule has 0 fully saturated rings. The van der Waals surface area contributed by atoms with Crippen LogP contribution in [0, 0.1) is 22.7 Å². The van der Waals surface area contributed by atoms with Crippen molar-refractivity contribution in [2.45, 2.75) is 0 Å². The van der Waals surface area contributed by atoms with Crippen molar-refractivity contribution in [3.63, 3.8) is 0 Å². The van der Waals surface area contributed by atoms with Crippen molar-refractivity contribution in [1.82, 2.24) is 5.43 Å². The summed E-state index contributed by atoms with van der Waals surface area (Å²) in [6, 6.07) is 6.73. The molecule has 0 atom stereocenters. The number of hydrogen-bond acceptors (Lipinski definition) is 4. The van der Waals surface area contributed by atoms with E-state index in [1.54, 1.807) is 24.3 Å². The number of nitrogens with one attached hydrogen (secondary N) is 2. The summed E-state index contributed by atoms with van der Waals surface area (Å²) in [6.45, 7) is 0. The van der Waals surface area contributed by atoms with Crippen LogP contribution in [0.25, 0.3) is 0 Å². The molecular formula is C10H5BrCl2N4. The maximum atomic E-state index is 8.50. The van der Waals surface area contributed by atoms with E-state index in [9.17, 15) is 0 Å². The van der Waals surface area contributed by atoms with Gasteiger partial charge < -0.3 is 5.43 Å².